The van der Waals surface area contributed by atoms with Crippen LogP contribution in [-0.4, -0.2) is 18.7 Å². The number of nitrogens with zero attached hydrogens (tertiary/aromatic N) is 1. The van der Waals surface area contributed by atoms with E-state index in [1.807, 2.05) is 44.2 Å². The van der Waals surface area contributed by atoms with E-state index in [2.05, 4.69) is 10.3 Å². The Morgan fingerprint density at radius 1 is 1.04 bits per heavy atom. The van der Waals surface area contributed by atoms with Crippen LogP contribution >= 0.6 is 0 Å². The molecule has 3 aromatic carbocycles. The minimum Gasteiger partial charge on any atom is -0.484 e. The van der Waals surface area contributed by atoms with E-state index in [-0.39, 0.29) is 18.3 Å². The van der Waals surface area contributed by atoms with E-state index in [1.165, 1.54) is 17.7 Å². The highest BCUT2D eigenvalue weighted by atomic mass is 19.1. The Morgan fingerprint density at radius 2 is 1.82 bits per heavy atom. The Bertz CT molecular complexity index is 998. The fraction of sp³-hybridized carbons (Fsp3) is 0.130. The number of aliphatic imine (C=N–C) groups is 1. The Balaban J connectivity index is 1.57. The number of carbonyl (C=O) groups excluding carboxylic acids is 1. The molecular weight excluding hydrogens is 355 g/mol. The molecule has 28 heavy (non-hydrogen) atoms. The van der Waals surface area contributed by atoms with Crippen molar-refractivity contribution in [3.8, 4) is 5.75 Å². The molecule has 0 aromatic heterocycles. The molecule has 0 atom stereocenters. The van der Waals surface area contributed by atoms with Gasteiger partial charge in [0.1, 0.15) is 11.6 Å². The van der Waals surface area contributed by atoms with Gasteiger partial charge in [0.2, 0.25) is 0 Å². The third-order valence-electron chi connectivity index (χ3n) is 4.21. The monoisotopic (exact) mass is 376 g/mol. The first-order valence-electron chi connectivity index (χ1n) is 8.89. The van der Waals surface area contributed by atoms with E-state index >= 15 is 0 Å². The third kappa shape index (κ3) is 5.51. The van der Waals surface area contributed by atoms with Gasteiger partial charge in [-0.1, -0.05) is 18.2 Å². The predicted octanol–water partition coefficient (Wildman–Crippen LogP) is 5.21. The molecule has 0 heterocycles. The van der Waals surface area contributed by atoms with Gasteiger partial charge in [0.25, 0.3) is 5.91 Å². The summed E-state index contributed by atoms with van der Waals surface area (Å²) in [7, 11) is 0. The lowest BCUT2D eigenvalue weighted by Gasteiger charge is -2.09. The lowest BCUT2D eigenvalue weighted by atomic mass is 10.1. The smallest absolute Gasteiger partial charge is 0.262 e. The number of rotatable bonds is 6. The van der Waals surface area contributed by atoms with Crippen LogP contribution in [0.2, 0.25) is 0 Å². The van der Waals surface area contributed by atoms with Crippen LogP contribution in [0.3, 0.4) is 0 Å². The lowest BCUT2D eigenvalue weighted by Crippen LogP contribution is -2.20. The van der Waals surface area contributed by atoms with Gasteiger partial charge in [-0.25, -0.2) is 4.39 Å². The average molecular weight is 376 g/mol. The summed E-state index contributed by atoms with van der Waals surface area (Å²) in [6.07, 6.45) is 1.66. The van der Waals surface area contributed by atoms with Crippen LogP contribution in [0.5, 0.6) is 5.75 Å². The summed E-state index contributed by atoms with van der Waals surface area (Å²) in [5, 5.41) is 2.83. The number of aryl methyl sites for hydroxylation is 2. The summed E-state index contributed by atoms with van der Waals surface area (Å²) in [6.45, 7) is 3.93. The molecule has 0 unspecified atom stereocenters. The zero-order chi connectivity index (χ0) is 19.9. The van der Waals surface area contributed by atoms with Crippen LogP contribution < -0.4 is 10.1 Å². The number of benzene rings is 3. The Hall–Kier alpha value is -3.47. The van der Waals surface area contributed by atoms with E-state index in [1.54, 1.807) is 30.5 Å². The molecule has 0 aliphatic carbocycles. The van der Waals surface area contributed by atoms with Gasteiger partial charge >= 0.3 is 0 Å². The van der Waals surface area contributed by atoms with E-state index in [0.717, 1.165) is 16.8 Å². The first-order valence-corrected chi connectivity index (χ1v) is 8.89. The van der Waals surface area contributed by atoms with Crippen molar-refractivity contribution in [1.82, 2.24) is 0 Å². The highest BCUT2D eigenvalue weighted by Gasteiger charge is 2.05. The summed E-state index contributed by atoms with van der Waals surface area (Å²) in [4.78, 5) is 16.4. The van der Waals surface area contributed by atoms with Gasteiger partial charge in [0.05, 0.1) is 5.69 Å². The molecule has 5 heteroatoms. The molecule has 3 rings (SSSR count). The highest BCUT2D eigenvalue weighted by molar-refractivity contribution is 5.92. The number of halogens is 1. The summed E-state index contributed by atoms with van der Waals surface area (Å²) < 4.78 is 18.5. The molecule has 0 aliphatic heterocycles. The van der Waals surface area contributed by atoms with E-state index in [4.69, 9.17) is 4.74 Å². The minimum absolute atomic E-state index is 0.0918. The van der Waals surface area contributed by atoms with Crippen LogP contribution in [0.25, 0.3) is 0 Å². The SMILES string of the molecule is Cc1ccc(NC(=O)COc2cccc(C=Nc3ccc(F)cc3)c2)cc1C. The summed E-state index contributed by atoms with van der Waals surface area (Å²) in [5.74, 6) is 0.0420. The van der Waals surface area contributed by atoms with Crippen LogP contribution in [0, 0.1) is 19.7 Å². The molecular formula is C23H21FN2O2. The third-order valence-corrected chi connectivity index (χ3v) is 4.21. The zero-order valence-corrected chi connectivity index (χ0v) is 15.8. The highest BCUT2D eigenvalue weighted by Crippen LogP contribution is 2.16. The number of hydrogen-bond acceptors (Lipinski definition) is 3. The summed E-state index contributed by atoms with van der Waals surface area (Å²) in [5.41, 5.74) is 4.51. The fourth-order valence-corrected chi connectivity index (χ4v) is 2.53. The molecule has 0 saturated carbocycles. The van der Waals surface area contributed by atoms with Gasteiger partial charge in [-0.2, -0.15) is 0 Å². The molecule has 0 saturated heterocycles. The topological polar surface area (TPSA) is 50.7 Å². The second-order valence-electron chi connectivity index (χ2n) is 6.44. The van der Waals surface area contributed by atoms with Gasteiger partial charge in [0, 0.05) is 11.9 Å². The normalized spacial score (nSPS) is 10.8. The summed E-state index contributed by atoms with van der Waals surface area (Å²) >= 11 is 0. The second kappa shape index (κ2) is 8.95. The van der Waals surface area contributed by atoms with Crippen molar-refractivity contribution in [3.05, 3.63) is 89.2 Å². The van der Waals surface area contributed by atoms with Crippen molar-refractivity contribution in [1.29, 1.82) is 0 Å². The maximum Gasteiger partial charge on any atom is 0.262 e. The van der Waals surface area contributed by atoms with Crippen molar-refractivity contribution < 1.29 is 13.9 Å². The van der Waals surface area contributed by atoms with Crippen molar-refractivity contribution in [2.24, 2.45) is 4.99 Å². The summed E-state index contributed by atoms with van der Waals surface area (Å²) in [6, 6.07) is 18.9. The molecule has 0 fully saturated rings. The number of ether oxygens (including phenoxy) is 1. The predicted molar refractivity (Wildman–Crippen MR) is 110 cm³/mol. The maximum atomic E-state index is 12.9. The Kier molecular flexibility index (Phi) is 6.17. The van der Waals surface area contributed by atoms with Crippen LogP contribution in [0.1, 0.15) is 16.7 Å². The minimum atomic E-state index is -0.298. The van der Waals surface area contributed by atoms with Gasteiger partial charge in [0.15, 0.2) is 6.61 Å². The quantitative estimate of drug-likeness (QED) is 0.600. The van der Waals surface area contributed by atoms with Crippen molar-refractivity contribution in [2.45, 2.75) is 13.8 Å². The van der Waals surface area contributed by atoms with Crippen molar-refractivity contribution in [3.63, 3.8) is 0 Å². The van der Waals surface area contributed by atoms with Crippen molar-refractivity contribution in [2.75, 3.05) is 11.9 Å². The number of amides is 1. The molecule has 0 spiro atoms. The first-order chi connectivity index (χ1) is 13.5. The maximum absolute atomic E-state index is 12.9. The molecule has 1 amide bonds. The molecule has 0 aliphatic rings. The van der Waals surface area contributed by atoms with Crippen LogP contribution in [-0.2, 0) is 4.79 Å². The second-order valence-corrected chi connectivity index (χ2v) is 6.44. The number of carbonyl (C=O) groups is 1. The van der Waals surface area contributed by atoms with Crippen molar-refractivity contribution >= 4 is 23.5 Å². The standard InChI is InChI=1S/C23H21FN2O2/c1-16-6-9-21(12-17(16)2)26-23(27)15-28-22-5-3-4-18(13-22)14-25-20-10-7-19(24)8-11-20/h3-14H,15H2,1-2H3,(H,26,27). The van der Waals surface area contributed by atoms with Crippen LogP contribution in [0.15, 0.2) is 71.7 Å². The van der Waals surface area contributed by atoms with E-state index < -0.39 is 0 Å². The largest absolute Gasteiger partial charge is 0.484 e. The lowest BCUT2D eigenvalue weighted by molar-refractivity contribution is -0.118. The number of nitrogens with one attached hydrogen (secondary N) is 1. The number of hydrogen-bond donors (Lipinski definition) is 1. The van der Waals surface area contributed by atoms with Gasteiger partial charge in [-0.3, -0.25) is 9.79 Å². The molecule has 142 valence electrons. The molecule has 0 bridgehead atoms. The molecule has 3 aromatic rings. The van der Waals surface area contributed by atoms with Gasteiger partial charge in [-0.15, -0.1) is 0 Å². The molecule has 4 nitrogen and oxygen atoms in total. The number of anilines is 1. The molecule has 1 N–H and O–H groups in total. The van der Waals surface area contributed by atoms with Crippen LogP contribution in [0.4, 0.5) is 15.8 Å². The fourth-order valence-electron chi connectivity index (χ4n) is 2.53. The Morgan fingerprint density at radius 3 is 2.57 bits per heavy atom. The Labute approximate surface area is 163 Å². The van der Waals surface area contributed by atoms with Gasteiger partial charge in [-0.05, 0) is 79.1 Å². The first kappa shape index (κ1) is 19.3. The zero-order valence-electron chi connectivity index (χ0n) is 15.8. The van der Waals surface area contributed by atoms with Gasteiger partial charge < -0.3 is 10.1 Å². The molecule has 0 radical (unpaired) electrons. The van der Waals surface area contributed by atoms with E-state index in [0.29, 0.717) is 11.4 Å². The van der Waals surface area contributed by atoms with E-state index in [9.17, 15) is 9.18 Å². The average Bonchev–Trinajstić information content (AvgIpc) is 2.69.